The molecule has 2 aromatic carbocycles. The van der Waals surface area contributed by atoms with Crippen LogP contribution in [0.25, 0.3) is 0 Å². The van der Waals surface area contributed by atoms with E-state index in [2.05, 4.69) is 54.0 Å². The zero-order valence-electron chi connectivity index (χ0n) is 17.0. The van der Waals surface area contributed by atoms with Crippen LogP contribution in [0.4, 0.5) is 5.69 Å². The van der Waals surface area contributed by atoms with Crippen LogP contribution < -0.4 is 4.90 Å². The fourth-order valence-corrected chi connectivity index (χ4v) is 3.70. The van der Waals surface area contributed by atoms with Gasteiger partial charge in [0.2, 0.25) is 5.91 Å². The normalized spacial score (nSPS) is 16.2. The first-order valence-corrected chi connectivity index (χ1v) is 9.81. The second-order valence-electron chi connectivity index (χ2n) is 7.65. The van der Waals surface area contributed by atoms with Gasteiger partial charge < -0.3 is 9.80 Å². The van der Waals surface area contributed by atoms with Gasteiger partial charge in [-0.05, 0) is 49.6 Å². The van der Waals surface area contributed by atoms with Crippen LogP contribution in [-0.4, -0.2) is 55.0 Å². The molecule has 3 rings (SSSR count). The number of amides is 1. The molecule has 0 N–H and O–H groups in total. The molecule has 1 saturated heterocycles. The minimum atomic E-state index is -0.0828. The fourth-order valence-electron chi connectivity index (χ4n) is 3.70. The molecule has 1 atom stereocenters. The van der Waals surface area contributed by atoms with Gasteiger partial charge in [-0.3, -0.25) is 9.69 Å². The van der Waals surface area contributed by atoms with Gasteiger partial charge in [0.15, 0.2) is 0 Å². The molecule has 1 aliphatic heterocycles. The topological polar surface area (TPSA) is 26.8 Å². The Bertz CT molecular complexity index is 766. The molecule has 0 aliphatic carbocycles. The summed E-state index contributed by atoms with van der Waals surface area (Å²) in [5.41, 5.74) is 5.12. The molecule has 1 heterocycles. The number of benzene rings is 2. The highest BCUT2D eigenvalue weighted by Gasteiger charge is 2.27. The van der Waals surface area contributed by atoms with Crippen LogP contribution in [0.2, 0.25) is 0 Å². The van der Waals surface area contributed by atoms with Gasteiger partial charge in [-0.2, -0.15) is 0 Å². The van der Waals surface area contributed by atoms with Gasteiger partial charge in [-0.25, -0.2) is 0 Å². The van der Waals surface area contributed by atoms with Gasteiger partial charge in [0.05, 0.1) is 6.04 Å². The van der Waals surface area contributed by atoms with Crippen LogP contribution in [-0.2, 0) is 11.3 Å². The van der Waals surface area contributed by atoms with Crippen molar-refractivity contribution >= 4 is 11.6 Å². The molecular weight excluding hydrogens is 334 g/mol. The van der Waals surface area contributed by atoms with Gasteiger partial charge in [0.25, 0.3) is 0 Å². The highest BCUT2D eigenvalue weighted by molar-refractivity contribution is 5.81. The first kappa shape index (κ1) is 19.4. The van der Waals surface area contributed by atoms with Crippen molar-refractivity contribution in [2.45, 2.75) is 33.4 Å². The Morgan fingerprint density at radius 3 is 2.30 bits per heavy atom. The van der Waals surface area contributed by atoms with Crippen LogP contribution in [0.1, 0.15) is 23.6 Å². The van der Waals surface area contributed by atoms with E-state index in [-0.39, 0.29) is 11.9 Å². The summed E-state index contributed by atoms with van der Waals surface area (Å²) in [6, 6.07) is 16.8. The molecule has 144 valence electrons. The van der Waals surface area contributed by atoms with E-state index in [1.807, 2.05) is 37.1 Å². The van der Waals surface area contributed by atoms with E-state index in [1.165, 1.54) is 22.4 Å². The Labute approximate surface area is 163 Å². The molecule has 0 radical (unpaired) electrons. The highest BCUT2D eigenvalue weighted by atomic mass is 16.2. The molecule has 0 bridgehead atoms. The number of aryl methyl sites for hydroxylation is 2. The van der Waals surface area contributed by atoms with Crippen LogP contribution in [0.3, 0.4) is 0 Å². The number of piperazine rings is 1. The summed E-state index contributed by atoms with van der Waals surface area (Å²) in [5.74, 6) is 0.193. The number of hydrogen-bond donors (Lipinski definition) is 0. The summed E-state index contributed by atoms with van der Waals surface area (Å²) in [6.07, 6.45) is 0. The van der Waals surface area contributed by atoms with Crippen LogP contribution in [0, 0.1) is 13.8 Å². The minimum absolute atomic E-state index is 0.0828. The van der Waals surface area contributed by atoms with Gasteiger partial charge in [-0.15, -0.1) is 0 Å². The average Bonchev–Trinajstić information content (AvgIpc) is 2.70. The molecule has 1 amide bonds. The second-order valence-corrected chi connectivity index (χ2v) is 7.65. The van der Waals surface area contributed by atoms with Gasteiger partial charge >= 0.3 is 0 Å². The average molecular weight is 366 g/mol. The van der Waals surface area contributed by atoms with Crippen molar-refractivity contribution in [2.75, 3.05) is 38.1 Å². The van der Waals surface area contributed by atoms with E-state index in [0.29, 0.717) is 6.54 Å². The van der Waals surface area contributed by atoms with Crippen molar-refractivity contribution in [3.8, 4) is 0 Å². The lowest BCUT2D eigenvalue weighted by atomic mass is 10.1. The third-order valence-corrected chi connectivity index (χ3v) is 5.71. The van der Waals surface area contributed by atoms with Crippen LogP contribution in [0.15, 0.2) is 48.5 Å². The maximum absolute atomic E-state index is 12.9. The highest BCUT2D eigenvalue weighted by Crippen LogP contribution is 2.21. The fraction of sp³-hybridized carbons (Fsp3) is 0.435. The van der Waals surface area contributed by atoms with Crippen molar-refractivity contribution in [1.82, 2.24) is 9.80 Å². The van der Waals surface area contributed by atoms with Gasteiger partial charge in [0, 0.05) is 45.5 Å². The van der Waals surface area contributed by atoms with Crippen LogP contribution >= 0.6 is 0 Å². The first-order chi connectivity index (χ1) is 13.0. The maximum atomic E-state index is 12.9. The SMILES string of the molecule is Cc1ccc(N2CCN(C(C)C(=O)N(C)Cc3ccccc3)CC2)cc1C. The smallest absolute Gasteiger partial charge is 0.239 e. The third kappa shape index (κ3) is 4.69. The number of rotatable bonds is 5. The molecule has 0 aromatic heterocycles. The molecule has 1 aliphatic rings. The molecule has 1 fully saturated rings. The third-order valence-electron chi connectivity index (χ3n) is 5.71. The summed E-state index contributed by atoms with van der Waals surface area (Å²) in [5, 5.41) is 0. The Kier molecular flexibility index (Phi) is 6.17. The Hall–Kier alpha value is -2.33. The summed E-state index contributed by atoms with van der Waals surface area (Å²) < 4.78 is 0. The predicted molar refractivity (Wildman–Crippen MR) is 112 cm³/mol. The monoisotopic (exact) mass is 365 g/mol. The molecular formula is C23H31N3O. The van der Waals surface area contributed by atoms with Gasteiger partial charge in [0.1, 0.15) is 0 Å². The largest absolute Gasteiger partial charge is 0.369 e. The number of hydrogen-bond acceptors (Lipinski definition) is 3. The van der Waals surface area contributed by atoms with E-state index in [1.54, 1.807) is 0 Å². The first-order valence-electron chi connectivity index (χ1n) is 9.81. The molecule has 0 spiro atoms. The lowest BCUT2D eigenvalue weighted by Gasteiger charge is -2.39. The molecule has 0 saturated carbocycles. The number of carbonyl (C=O) groups excluding carboxylic acids is 1. The van der Waals surface area contributed by atoms with Gasteiger partial charge in [-0.1, -0.05) is 36.4 Å². The van der Waals surface area contributed by atoms with Crippen molar-refractivity contribution in [3.63, 3.8) is 0 Å². The molecule has 1 unspecified atom stereocenters. The van der Waals surface area contributed by atoms with E-state index in [9.17, 15) is 4.79 Å². The molecule has 27 heavy (non-hydrogen) atoms. The van der Waals surface area contributed by atoms with Crippen molar-refractivity contribution < 1.29 is 4.79 Å². The van der Waals surface area contributed by atoms with Crippen LogP contribution in [0.5, 0.6) is 0 Å². The quantitative estimate of drug-likeness (QED) is 0.812. The van der Waals surface area contributed by atoms with E-state index in [0.717, 1.165) is 26.2 Å². The number of likely N-dealkylation sites (N-methyl/N-ethyl adjacent to an activating group) is 1. The van der Waals surface area contributed by atoms with E-state index >= 15 is 0 Å². The summed E-state index contributed by atoms with van der Waals surface area (Å²) in [4.78, 5) is 19.4. The number of carbonyl (C=O) groups is 1. The number of nitrogens with zero attached hydrogens (tertiary/aromatic N) is 3. The minimum Gasteiger partial charge on any atom is -0.369 e. The van der Waals surface area contributed by atoms with Crippen molar-refractivity contribution in [3.05, 3.63) is 65.2 Å². The summed E-state index contributed by atoms with van der Waals surface area (Å²) >= 11 is 0. The Morgan fingerprint density at radius 2 is 1.67 bits per heavy atom. The summed E-state index contributed by atoms with van der Waals surface area (Å²) in [7, 11) is 1.90. The molecule has 4 heteroatoms. The Morgan fingerprint density at radius 1 is 1.00 bits per heavy atom. The second kappa shape index (κ2) is 8.57. The predicted octanol–water partition coefficient (Wildman–Crippen LogP) is 3.47. The standard InChI is InChI=1S/C23H31N3O/c1-18-10-11-22(16-19(18)2)26-14-12-25(13-15-26)20(3)23(27)24(4)17-21-8-6-5-7-9-21/h5-11,16,20H,12-15,17H2,1-4H3. The lowest BCUT2D eigenvalue weighted by Crippen LogP contribution is -2.54. The van der Waals surface area contributed by atoms with Crippen molar-refractivity contribution in [2.24, 2.45) is 0 Å². The molecule has 4 nitrogen and oxygen atoms in total. The zero-order valence-corrected chi connectivity index (χ0v) is 17.0. The maximum Gasteiger partial charge on any atom is 0.239 e. The Balaban J connectivity index is 1.55. The lowest BCUT2D eigenvalue weighted by molar-refractivity contribution is -0.135. The number of anilines is 1. The summed E-state index contributed by atoms with van der Waals surface area (Å²) in [6.45, 7) is 10.8. The van der Waals surface area contributed by atoms with E-state index < -0.39 is 0 Å². The van der Waals surface area contributed by atoms with E-state index in [4.69, 9.17) is 0 Å². The zero-order chi connectivity index (χ0) is 19.4. The van der Waals surface area contributed by atoms with Crippen molar-refractivity contribution in [1.29, 1.82) is 0 Å². The molecule has 2 aromatic rings.